The SMILES string of the molecule is CC(=O)c1ccc(C(=O)Cl)cc1.O=C(Cl)c1cccc(C(=O)Cl)c1. The fraction of sp³-hybridized carbons (Fsp3) is 0.0588. The molecule has 0 spiro atoms. The van der Waals surface area contributed by atoms with Gasteiger partial charge in [-0.1, -0.05) is 30.3 Å². The minimum absolute atomic E-state index is 0.0245. The van der Waals surface area contributed by atoms with Crippen LogP contribution in [0.2, 0.25) is 0 Å². The number of benzene rings is 2. The van der Waals surface area contributed by atoms with E-state index < -0.39 is 15.7 Å². The molecule has 0 bridgehead atoms. The van der Waals surface area contributed by atoms with Gasteiger partial charge in [0.25, 0.3) is 15.7 Å². The lowest BCUT2D eigenvalue weighted by Crippen LogP contribution is -1.93. The van der Waals surface area contributed by atoms with E-state index in [1.807, 2.05) is 0 Å². The van der Waals surface area contributed by atoms with Crippen LogP contribution in [0, 0.1) is 0 Å². The third-order valence-electron chi connectivity index (χ3n) is 2.83. The molecule has 0 fully saturated rings. The van der Waals surface area contributed by atoms with Crippen LogP contribution in [-0.4, -0.2) is 21.5 Å². The molecule has 0 aromatic heterocycles. The third-order valence-corrected chi connectivity index (χ3v) is 3.49. The zero-order valence-corrected chi connectivity index (χ0v) is 14.7. The molecule has 0 unspecified atom stereocenters. The predicted molar refractivity (Wildman–Crippen MR) is 93.4 cm³/mol. The van der Waals surface area contributed by atoms with E-state index in [-0.39, 0.29) is 16.9 Å². The Morgan fingerprint density at radius 3 is 1.33 bits per heavy atom. The Kier molecular flexibility index (Phi) is 7.79. The maximum absolute atomic E-state index is 10.8. The molecule has 4 nitrogen and oxygen atoms in total. The number of carbonyl (C=O) groups excluding carboxylic acids is 4. The summed E-state index contributed by atoms with van der Waals surface area (Å²) in [5.41, 5.74) is 1.52. The van der Waals surface area contributed by atoms with Crippen molar-refractivity contribution in [1.29, 1.82) is 0 Å². The summed E-state index contributed by atoms with van der Waals surface area (Å²) < 4.78 is 0. The smallest absolute Gasteiger partial charge is 0.252 e. The Hall–Kier alpha value is -2.01. The van der Waals surface area contributed by atoms with Gasteiger partial charge in [-0.3, -0.25) is 19.2 Å². The maximum Gasteiger partial charge on any atom is 0.252 e. The lowest BCUT2D eigenvalue weighted by Gasteiger charge is -1.95. The molecule has 124 valence electrons. The van der Waals surface area contributed by atoms with Gasteiger partial charge in [-0.15, -0.1) is 0 Å². The van der Waals surface area contributed by atoms with Crippen molar-refractivity contribution in [3.63, 3.8) is 0 Å². The lowest BCUT2D eigenvalue weighted by atomic mass is 10.1. The summed E-state index contributed by atoms with van der Waals surface area (Å²) in [4.78, 5) is 42.7. The van der Waals surface area contributed by atoms with E-state index in [1.54, 1.807) is 18.2 Å². The highest BCUT2D eigenvalue weighted by molar-refractivity contribution is 6.69. The first-order valence-electron chi connectivity index (χ1n) is 6.53. The van der Waals surface area contributed by atoms with E-state index in [0.717, 1.165) is 0 Å². The molecule has 0 aliphatic carbocycles. The first kappa shape index (κ1) is 20.0. The number of hydrogen-bond acceptors (Lipinski definition) is 4. The van der Waals surface area contributed by atoms with Crippen molar-refractivity contribution in [1.82, 2.24) is 0 Å². The summed E-state index contributed by atoms with van der Waals surface area (Å²) >= 11 is 15.6. The van der Waals surface area contributed by atoms with Gasteiger partial charge in [-0.25, -0.2) is 0 Å². The first-order chi connectivity index (χ1) is 11.2. The van der Waals surface area contributed by atoms with E-state index in [2.05, 4.69) is 0 Å². The molecule has 24 heavy (non-hydrogen) atoms. The maximum atomic E-state index is 10.8. The molecule has 0 aliphatic heterocycles. The molecule has 0 radical (unpaired) electrons. The highest BCUT2D eigenvalue weighted by Crippen LogP contribution is 2.10. The van der Waals surface area contributed by atoms with Crippen molar-refractivity contribution in [3.05, 3.63) is 70.8 Å². The summed E-state index contributed by atoms with van der Waals surface area (Å²) in [7, 11) is 0. The van der Waals surface area contributed by atoms with Crippen LogP contribution in [0.15, 0.2) is 48.5 Å². The van der Waals surface area contributed by atoms with Crippen LogP contribution in [-0.2, 0) is 0 Å². The first-order valence-corrected chi connectivity index (χ1v) is 7.66. The van der Waals surface area contributed by atoms with Gasteiger partial charge in [-0.2, -0.15) is 0 Å². The molecule has 2 aromatic carbocycles. The van der Waals surface area contributed by atoms with Gasteiger partial charge in [0, 0.05) is 22.3 Å². The number of hydrogen-bond donors (Lipinski definition) is 0. The van der Waals surface area contributed by atoms with E-state index in [0.29, 0.717) is 11.1 Å². The number of rotatable bonds is 4. The van der Waals surface area contributed by atoms with Crippen LogP contribution in [0.25, 0.3) is 0 Å². The van der Waals surface area contributed by atoms with Crippen molar-refractivity contribution < 1.29 is 19.2 Å². The van der Waals surface area contributed by atoms with Crippen molar-refractivity contribution >= 4 is 56.3 Å². The van der Waals surface area contributed by atoms with Crippen LogP contribution < -0.4 is 0 Å². The Morgan fingerprint density at radius 1 is 0.625 bits per heavy atom. The Balaban J connectivity index is 0.000000240. The Morgan fingerprint density at radius 2 is 1.00 bits per heavy atom. The van der Waals surface area contributed by atoms with E-state index >= 15 is 0 Å². The normalized spacial score (nSPS) is 9.50. The monoisotopic (exact) mass is 384 g/mol. The summed E-state index contributed by atoms with van der Waals surface area (Å²) in [5, 5.41) is -1.71. The van der Waals surface area contributed by atoms with Crippen molar-refractivity contribution in [2.24, 2.45) is 0 Å². The molecule has 0 heterocycles. The average molecular weight is 386 g/mol. The fourth-order valence-corrected chi connectivity index (χ4v) is 1.96. The van der Waals surface area contributed by atoms with Gasteiger partial charge in [-0.05, 0) is 59.9 Å². The third kappa shape index (κ3) is 6.24. The number of Topliss-reactive ketones (excluding diaryl/α,β-unsaturated/α-hetero) is 1. The quantitative estimate of drug-likeness (QED) is 0.564. The molecule has 0 saturated carbocycles. The number of ketones is 1. The summed E-state index contributed by atoms with van der Waals surface area (Å²) in [6, 6.07) is 12.2. The predicted octanol–water partition coefficient (Wildman–Crippen LogP) is 4.71. The summed E-state index contributed by atoms with van der Waals surface area (Å²) in [6.45, 7) is 1.47. The van der Waals surface area contributed by atoms with E-state index in [1.165, 1.54) is 37.3 Å². The molecule has 2 aromatic rings. The number of halogens is 3. The van der Waals surface area contributed by atoms with Gasteiger partial charge >= 0.3 is 0 Å². The molecule has 0 saturated heterocycles. The summed E-state index contributed by atoms with van der Waals surface area (Å²) in [5.74, 6) is -0.0245. The van der Waals surface area contributed by atoms with E-state index in [9.17, 15) is 19.2 Å². The molecule has 2 rings (SSSR count). The van der Waals surface area contributed by atoms with Gasteiger partial charge in [0.15, 0.2) is 5.78 Å². The van der Waals surface area contributed by atoms with Crippen LogP contribution in [0.1, 0.15) is 48.4 Å². The van der Waals surface area contributed by atoms with Gasteiger partial charge in [0.05, 0.1) is 0 Å². The van der Waals surface area contributed by atoms with Crippen LogP contribution in [0.3, 0.4) is 0 Å². The minimum Gasteiger partial charge on any atom is -0.295 e. The molecule has 0 atom stereocenters. The van der Waals surface area contributed by atoms with Crippen LogP contribution in [0.5, 0.6) is 0 Å². The number of carbonyl (C=O) groups is 4. The van der Waals surface area contributed by atoms with Crippen LogP contribution in [0.4, 0.5) is 0 Å². The second-order valence-corrected chi connectivity index (χ2v) is 5.57. The topological polar surface area (TPSA) is 68.3 Å². The van der Waals surface area contributed by atoms with Crippen molar-refractivity contribution in [3.8, 4) is 0 Å². The molecule has 0 N–H and O–H groups in total. The Bertz CT molecular complexity index is 720. The van der Waals surface area contributed by atoms with Crippen molar-refractivity contribution in [2.75, 3.05) is 0 Å². The highest BCUT2D eigenvalue weighted by Gasteiger charge is 2.05. The second kappa shape index (κ2) is 9.33. The largest absolute Gasteiger partial charge is 0.295 e. The zero-order chi connectivity index (χ0) is 18.3. The standard InChI is InChI=1S/C9H7ClO2.C8H4Cl2O2/c1-6(11)7-2-4-8(5-3-7)9(10)12;9-7(11)5-2-1-3-6(4-5)8(10)12/h2-5H,1H3;1-4H. The van der Waals surface area contributed by atoms with Gasteiger partial charge in [0.2, 0.25) is 0 Å². The zero-order valence-electron chi connectivity index (χ0n) is 12.4. The molecule has 0 amide bonds. The molecule has 7 heteroatoms. The second-order valence-electron chi connectivity index (χ2n) is 4.54. The molecular weight excluding hydrogens is 375 g/mol. The van der Waals surface area contributed by atoms with Gasteiger partial charge in [0.1, 0.15) is 0 Å². The minimum atomic E-state index is -0.602. The van der Waals surface area contributed by atoms with Crippen molar-refractivity contribution in [2.45, 2.75) is 6.92 Å². The fourth-order valence-electron chi connectivity index (χ4n) is 1.60. The highest BCUT2D eigenvalue weighted by atomic mass is 35.5. The van der Waals surface area contributed by atoms with E-state index in [4.69, 9.17) is 34.8 Å². The Labute approximate surface area is 153 Å². The van der Waals surface area contributed by atoms with Gasteiger partial charge < -0.3 is 0 Å². The lowest BCUT2D eigenvalue weighted by molar-refractivity contribution is 0.101. The molecular formula is C17H11Cl3O4. The van der Waals surface area contributed by atoms with Crippen LogP contribution >= 0.6 is 34.8 Å². The molecule has 0 aliphatic rings. The average Bonchev–Trinajstić information content (AvgIpc) is 2.55. The summed E-state index contributed by atoms with van der Waals surface area (Å²) in [6.07, 6.45) is 0.